The highest BCUT2D eigenvalue weighted by Crippen LogP contribution is 2.25. The Morgan fingerprint density at radius 3 is 1.21 bits per heavy atom. The van der Waals surface area contributed by atoms with E-state index in [-0.39, 0.29) is 31.7 Å². The number of hydrogen-bond donors (Lipinski definition) is 2. The molecule has 0 radical (unpaired) electrons. The summed E-state index contributed by atoms with van der Waals surface area (Å²) in [6.07, 6.45) is 0. The van der Waals surface area contributed by atoms with Gasteiger partial charge in [0.15, 0.2) is 0 Å². The topological polar surface area (TPSA) is 126 Å². The van der Waals surface area contributed by atoms with Crippen LogP contribution in [0.2, 0.25) is 0 Å². The molecule has 0 aliphatic rings. The first-order valence-electron chi connectivity index (χ1n) is 8.75. The molecule has 0 fully saturated rings. The summed E-state index contributed by atoms with van der Waals surface area (Å²) in [5.41, 5.74) is 0. The van der Waals surface area contributed by atoms with Crippen molar-refractivity contribution < 1.29 is 25.3 Å². The van der Waals surface area contributed by atoms with Crippen molar-refractivity contribution >= 4 is 29.9 Å². The summed E-state index contributed by atoms with van der Waals surface area (Å²) in [6.45, 7) is 6.59. The van der Waals surface area contributed by atoms with E-state index >= 15 is 0 Å². The fourth-order valence-corrected chi connectivity index (χ4v) is 6.60. The highest BCUT2D eigenvalue weighted by atomic mass is 32.2. The van der Waals surface area contributed by atoms with Gasteiger partial charge in [0.25, 0.3) is 0 Å². The van der Waals surface area contributed by atoms with E-state index in [1.165, 1.54) is 36.4 Å². The van der Waals surface area contributed by atoms with Gasteiger partial charge in [-0.1, -0.05) is 12.1 Å². The van der Waals surface area contributed by atoms with Crippen LogP contribution in [0, 0.1) is 0 Å². The maximum absolute atomic E-state index is 13.0. The van der Waals surface area contributed by atoms with E-state index in [9.17, 15) is 25.3 Å². The molecule has 2 rings (SSSR count). The summed E-state index contributed by atoms with van der Waals surface area (Å²) in [7, 11) is -11.9. The molecule has 160 valence electrons. The van der Waals surface area contributed by atoms with Crippen LogP contribution >= 0.6 is 0 Å². The highest BCUT2D eigenvalue weighted by Gasteiger charge is 2.24. The third-order valence-corrected chi connectivity index (χ3v) is 8.70. The highest BCUT2D eigenvalue weighted by molar-refractivity contribution is 7.92. The lowest BCUT2D eigenvalue weighted by atomic mass is 10.4. The number of hydrogen-bond acceptors (Lipinski definition) is 6. The summed E-state index contributed by atoms with van der Waals surface area (Å²) in [6, 6.07) is 9.11. The van der Waals surface area contributed by atoms with Crippen molar-refractivity contribution in [1.29, 1.82) is 0 Å². The number of benzene rings is 2. The monoisotopic (exact) mass is 460 g/mol. The lowest BCUT2D eigenvalue weighted by molar-refractivity contribution is 0.567. The Labute approximate surface area is 172 Å². The Hall–Kier alpha value is -1.79. The van der Waals surface area contributed by atoms with E-state index in [1.54, 1.807) is 27.7 Å². The lowest BCUT2D eigenvalue weighted by Gasteiger charge is -2.12. The van der Waals surface area contributed by atoms with Gasteiger partial charge in [-0.05, 0) is 64.1 Å². The van der Waals surface area contributed by atoms with Crippen molar-refractivity contribution in [2.75, 3.05) is 0 Å². The van der Waals surface area contributed by atoms with Crippen LogP contribution in [0.3, 0.4) is 0 Å². The van der Waals surface area contributed by atoms with E-state index in [4.69, 9.17) is 0 Å². The van der Waals surface area contributed by atoms with E-state index < -0.39 is 29.9 Å². The normalized spacial score (nSPS) is 13.2. The van der Waals surface area contributed by atoms with Crippen molar-refractivity contribution in [2.24, 2.45) is 0 Å². The van der Waals surface area contributed by atoms with Crippen molar-refractivity contribution in [3.8, 4) is 0 Å². The largest absolute Gasteiger partial charge is 0.240 e. The molecule has 0 aliphatic carbocycles. The van der Waals surface area contributed by atoms with Crippen LogP contribution in [-0.4, -0.2) is 37.3 Å². The second-order valence-electron chi connectivity index (χ2n) is 7.01. The Bertz CT molecular complexity index is 1110. The first kappa shape index (κ1) is 23.5. The first-order valence-corrected chi connectivity index (χ1v) is 13.2. The number of rotatable bonds is 8. The van der Waals surface area contributed by atoms with Crippen molar-refractivity contribution in [1.82, 2.24) is 9.44 Å². The summed E-state index contributed by atoms with van der Waals surface area (Å²) >= 11 is 0. The van der Waals surface area contributed by atoms with Gasteiger partial charge in [-0.3, -0.25) is 0 Å². The quantitative estimate of drug-likeness (QED) is 0.619. The fraction of sp³-hybridized carbons (Fsp3) is 0.333. The van der Waals surface area contributed by atoms with Gasteiger partial charge in [0.1, 0.15) is 0 Å². The molecule has 0 amide bonds. The average molecular weight is 461 g/mol. The molecule has 11 heteroatoms. The minimum atomic E-state index is -4.15. The molecule has 0 saturated heterocycles. The van der Waals surface area contributed by atoms with Gasteiger partial charge >= 0.3 is 0 Å². The summed E-state index contributed by atoms with van der Waals surface area (Å²) in [5.74, 6) is 0. The van der Waals surface area contributed by atoms with Crippen molar-refractivity contribution in [3.63, 3.8) is 0 Å². The van der Waals surface area contributed by atoms with Crippen LogP contribution in [0.4, 0.5) is 0 Å². The van der Waals surface area contributed by atoms with E-state index in [1.807, 2.05) is 0 Å². The second-order valence-corrected chi connectivity index (χ2v) is 12.4. The average Bonchev–Trinajstić information content (AvgIpc) is 2.60. The van der Waals surface area contributed by atoms with Crippen LogP contribution in [0.15, 0.2) is 68.1 Å². The summed E-state index contributed by atoms with van der Waals surface area (Å²) < 4.78 is 80.2. The Balaban J connectivity index is 2.53. The Kier molecular flexibility index (Phi) is 6.90. The van der Waals surface area contributed by atoms with Gasteiger partial charge < -0.3 is 0 Å². The molecular weight excluding hydrogens is 436 g/mol. The molecule has 2 aromatic rings. The predicted molar refractivity (Wildman–Crippen MR) is 109 cm³/mol. The maximum atomic E-state index is 13.0. The maximum Gasteiger partial charge on any atom is 0.240 e. The first-order chi connectivity index (χ1) is 13.3. The standard InChI is InChI=1S/C18H24N2O6S3/c1-13(2)19-28(23,24)17-9-5-7-15(11-17)27(21,22)16-8-6-10-18(12-16)29(25,26)20-14(3)4/h5-14,19-20H,1-4H3. The molecule has 0 aromatic heterocycles. The number of nitrogens with one attached hydrogen (secondary N) is 2. The zero-order valence-electron chi connectivity index (χ0n) is 16.4. The third-order valence-electron chi connectivity index (χ3n) is 3.63. The summed E-state index contributed by atoms with van der Waals surface area (Å²) in [4.78, 5) is -0.902. The van der Waals surface area contributed by atoms with Crippen LogP contribution in [0.1, 0.15) is 27.7 Å². The molecule has 29 heavy (non-hydrogen) atoms. The van der Waals surface area contributed by atoms with E-state index in [0.717, 1.165) is 12.1 Å². The molecule has 0 saturated carbocycles. The van der Waals surface area contributed by atoms with Crippen LogP contribution < -0.4 is 9.44 Å². The molecular formula is C18H24N2O6S3. The number of sulfone groups is 1. The zero-order valence-corrected chi connectivity index (χ0v) is 18.9. The smallest absolute Gasteiger partial charge is 0.219 e. The fourth-order valence-electron chi connectivity index (χ4n) is 2.51. The van der Waals surface area contributed by atoms with E-state index in [2.05, 4.69) is 9.44 Å². The molecule has 0 aliphatic heterocycles. The van der Waals surface area contributed by atoms with Gasteiger partial charge in [0, 0.05) is 12.1 Å². The molecule has 0 atom stereocenters. The van der Waals surface area contributed by atoms with Crippen molar-refractivity contribution in [2.45, 2.75) is 59.4 Å². The minimum Gasteiger partial charge on any atom is -0.219 e. The molecule has 2 aromatic carbocycles. The minimum absolute atomic E-state index is 0.197. The Morgan fingerprint density at radius 1 is 0.586 bits per heavy atom. The van der Waals surface area contributed by atoms with Crippen LogP contribution in [-0.2, 0) is 29.9 Å². The Morgan fingerprint density at radius 2 is 0.897 bits per heavy atom. The van der Waals surface area contributed by atoms with Crippen molar-refractivity contribution in [3.05, 3.63) is 48.5 Å². The lowest BCUT2D eigenvalue weighted by Crippen LogP contribution is -2.30. The third kappa shape index (κ3) is 5.64. The molecule has 8 nitrogen and oxygen atoms in total. The SMILES string of the molecule is CC(C)NS(=O)(=O)c1cccc(S(=O)(=O)c2cccc(S(=O)(=O)NC(C)C)c2)c1. The van der Waals surface area contributed by atoms with Gasteiger partial charge in [-0.2, -0.15) is 0 Å². The van der Waals surface area contributed by atoms with Gasteiger partial charge in [-0.15, -0.1) is 0 Å². The second kappa shape index (κ2) is 8.52. The molecule has 0 heterocycles. The zero-order chi connectivity index (χ0) is 22.0. The molecule has 0 bridgehead atoms. The van der Waals surface area contributed by atoms with Gasteiger partial charge in [0.05, 0.1) is 19.6 Å². The van der Waals surface area contributed by atoms with Crippen LogP contribution in [0.25, 0.3) is 0 Å². The molecule has 2 N–H and O–H groups in total. The molecule has 0 spiro atoms. The van der Waals surface area contributed by atoms with E-state index in [0.29, 0.717) is 0 Å². The van der Waals surface area contributed by atoms with Crippen LogP contribution in [0.5, 0.6) is 0 Å². The molecule has 0 unspecified atom stereocenters. The van der Waals surface area contributed by atoms with Gasteiger partial charge in [-0.25, -0.2) is 34.7 Å². The van der Waals surface area contributed by atoms with Gasteiger partial charge in [0.2, 0.25) is 29.9 Å². The summed E-state index contributed by atoms with van der Waals surface area (Å²) in [5, 5.41) is 0. The number of sulfonamides is 2. The predicted octanol–water partition coefficient (Wildman–Crippen LogP) is 1.89.